The Labute approximate surface area is 119 Å². The smallest absolute Gasteiger partial charge is 0.334 e. The highest BCUT2D eigenvalue weighted by Gasteiger charge is 2.25. The lowest BCUT2D eigenvalue weighted by atomic mass is 10.1. The number of nitrogens with zero attached hydrogens (tertiary/aromatic N) is 1. The fourth-order valence-corrected chi connectivity index (χ4v) is 2.03. The number of rotatable bonds is 5. The SMILES string of the molecule is COC(=O)C1COC(CCC(C)=Cc2ccccc2)=N1. The van der Waals surface area contributed by atoms with Crippen LogP contribution in [0.2, 0.25) is 0 Å². The Morgan fingerprint density at radius 2 is 2.20 bits per heavy atom. The molecule has 1 atom stereocenters. The van der Waals surface area contributed by atoms with Gasteiger partial charge >= 0.3 is 5.97 Å². The van der Waals surface area contributed by atoms with E-state index in [1.54, 1.807) is 0 Å². The van der Waals surface area contributed by atoms with E-state index in [9.17, 15) is 4.79 Å². The van der Waals surface area contributed by atoms with Gasteiger partial charge in [-0.3, -0.25) is 0 Å². The molecule has 0 aliphatic carbocycles. The lowest BCUT2D eigenvalue weighted by molar-refractivity contribution is -0.142. The Morgan fingerprint density at radius 1 is 1.45 bits per heavy atom. The Bertz CT molecular complexity index is 520. The summed E-state index contributed by atoms with van der Waals surface area (Å²) in [7, 11) is 1.36. The first kappa shape index (κ1) is 14.3. The molecule has 0 saturated carbocycles. The van der Waals surface area contributed by atoms with Crippen LogP contribution in [0.4, 0.5) is 0 Å². The molecule has 1 aliphatic heterocycles. The van der Waals surface area contributed by atoms with Crippen molar-refractivity contribution < 1.29 is 14.3 Å². The van der Waals surface area contributed by atoms with Crippen molar-refractivity contribution >= 4 is 17.9 Å². The molecule has 0 saturated heterocycles. The first-order valence-electron chi connectivity index (χ1n) is 6.68. The Hall–Kier alpha value is -2.10. The first-order valence-corrected chi connectivity index (χ1v) is 6.68. The molecular weight excluding hydrogens is 254 g/mol. The van der Waals surface area contributed by atoms with Crippen LogP contribution in [0.3, 0.4) is 0 Å². The molecule has 0 amide bonds. The largest absolute Gasteiger partial charge is 0.478 e. The quantitative estimate of drug-likeness (QED) is 0.775. The van der Waals surface area contributed by atoms with Crippen molar-refractivity contribution in [3.63, 3.8) is 0 Å². The summed E-state index contributed by atoms with van der Waals surface area (Å²) in [6.45, 7) is 2.38. The maximum absolute atomic E-state index is 11.3. The molecule has 0 N–H and O–H groups in total. The molecule has 1 heterocycles. The van der Waals surface area contributed by atoms with E-state index in [1.807, 2.05) is 18.2 Å². The van der Waals surface area contributed by atoms with Gasteiger partial charge in [0, 0.05) is 6.42 Å². The number of carbonyl (C=O) groups is 1. The van der Waals surface area contributed by atoms with Crippen LogP contribution in [0.5, 0.6) is 0 Å². The minimum absolute atomic E-state index is 0.295. The molecule has 20 heavy (non-hydrogen) atoms. The summed E-state index contributed by atoms with van der Waals surface area (Å²) in [4.78, 5) is 15.5. The topological polar surface area (TPSA) is 47.9 Å². The number of methoxy groups -OCH3 is 1. The number of hydrogen-bond donors (Lipinski definition) is 0. The number of esters is 1. The van der Waals surface area contributed by atoms with Gasteiger partial charge in [-0.1, -0.05) is 42.0 Å². The molecule has 0 radical (unpaired) electrons. The summed E-state index contributed by atoms with van der Waals surface area (Å²) in [5, 5.41) is 0. The number of aliphatic imine (C=N–C) groups is 1. The van der Waals surface area contributed by atoms with Crippen LogP contribution in [-0.2, 0) is 14.3 Å². The minimum atomic E-state index is -0.492. The Kier molecular flexibility index (Phi) is 4.93. The van der Waals surface area contributed by atoms with E-state index in [0.717, 1.165) is 6.42 Å². The maximum atomic E-state index is 11.3. The van der Waals surface area contributed by atoms with E-state index < -0.39 is 6.04 Å². The fourth-order valence-electron chi connectivity index (χ4n) is 2.03. The molecule has 1 unspecified atom stereocenters. The van der Waals surface area contributed by atoms with E-state index in [2.05, 4.69) is 34.9 Å². The molecule has 4 heteroatoms. The second-order valence-electron chi connectivity index (χ2n) is 4.77. The number of carbonyl (C=O) groups excluding carboxylic acids is 1. The lowest BCUT2D eigenvalue weighted by Gasteiger charge is -2.02. The number of hydrogen-bond acceptors (Lipinski definition) is 4. The summed E-state index contributed by atoms with van der Waals surface area (Å²) in [5.74, 6) is 0.303. The zero-order valence-electron chi connectivity index (χ0n) is 11.8. The van der Waals surface area contributed by atoms with Gasteiger partial charge in [0.1, 0.15) is 6.61 Å². The molecule has 4 nitrogen and oxygen atoms in total. The summed E-state index contributed by atoms with van der Waals surface area (Å²) >= 11 is 0. The molecule has 106 valence electrons. The van der Waals surface area contributed by atoms with E-state index in [1.165, 1.54) is 18.2 Å². The number of ether oxygens (including phenoxy) is 2. The van der Waals surface area contributed by atoms with Gasteiger partial charge in [0.25, 0.3) is 0 Å². The second kappa shape index (κ2) is 6.89. The molecule has 2 rings (SSSR count). The van der Waals surface area contributed by atoms with Crippen molar-refractivity contribution in [3.8, 4) is 0 Å². The Morgan fingerprint density at radius 3 is 2.90 bits per heavy atom. The predicted molar refractivity (Wildman–Crippen MR) is 78.5 cm³/mol. The molecule has 1 aromatic carbocycles. The van der Waals surface area contributed by atoms with Gasteiger partial charge in [-0.05, 0) is 18.9 Å². The summed E-state index contributed by atoms with van der Waals surface area (Å²) in [6.07, 6.45) is 3.72. The Balaban J connectivity index is 1.87. The van der Waals surface area contributed by atoms with Crippen LogP contribution in [0, 0.1) is 0 Å². The van der Waals surface area contributed by atoms with Gasteiger partial charge in [0.15, 0.2) is 11.9 Å². The van der Waals surface area contributed by atoms with E-state index in [4.69, 9.17) is 4.74 Å². The van der Waals surface area contributed by atoms with Crippen molar-refractivity contribution in [2.45, 2.75) is 25.8 Å². The van der Waals surface area contributed by atoms with E-state index in [0.29, 0.717) is 18.9 Å². The molecule has 0 fully saturated rings. The van der Waals surface area contributed by atoms with E-state index >= 15 is 0 Å². The normalized spacial score (nSPS) is 18.4. The number of allylic oxidation sites excluding steroid dienone is 1. The van der Waals surface area contributed by atoms with Crippen molar-refractivity contribution in [1.82, 2.24) is 0 Å². The van der Waals surface area contributed by atoms with Crippen molar-refractivity contribution in [2.24, 2.45) is 4.99 Å². The summed E-state index contributed by atoms with van der Waals surface area (Å²) < 4.78 is 10.1. The van der Waals surface area contributed by atoms with Crippen LogP contribution in [0.1, 0.15) is 25.3 Å². The van der Waals surface area contributed by atoms with Gasteiger partial charge < -0.3 is 9.47 Å². The zero-order valence-corrected chi connectivity index (χ0v) is 11.8. The van der Waals surface area contributed by atoms with Crippen LogP contribution < -0.4 is 0 Å². The monoisotopic (exact) mass is 273 g/mol. The fraction of sp³-hybridized carbons (Fsp3) is 0.375. The van der Waals surface area contributed by atoms with Crippen molar-refractivity contribution in [2.75, 3.05) is 13.7 Å². The summed E-state index contributed by atoms with van der Waals surface area (Å²) in [6, 6.07) is 9.68. The van der Waals surface area contributed by atoms with Crippen molar-refractivity contribution in [1.29, 1.82) is 0 Å². The highest BCUT2D eigenvalue weighted by atomic mass is 16.5. The second-order valence-corrected chi connectivity index (χ2v) is 4.77. The first-order chi connectivity index (χ1) is 9.69. The lowest BCUT2D eigenvalue weighted by Crippen LogP contribution is -2.21. The third-order valence-corrected chi connectivity index (χ3v) is 3.13. The van der Waals surface area contributed by atoms with Gasteiger partial charge in [0.2, 0.25) is 0 Å². The van der Waals surface area contributed by atoms with Gasteiger partial charge in [-0.15, -0.1) is 0 Å². The minimum Gasteiger partial charge on any atom is -0.478 e. The summed E-state index contributed by atoms with van der Waals surface area (Å²) in [5.41, 5.74) is 2.44. The molecule has 1 aliphatic rings. The zero-order chi connectivity index (χ0) is 14.4. The molecular formula is C16H19NO3. The van der Waals surface area contributed by atoms with Gasteiger partial charge in [-0.2, -0.15) is 0 Å². The highest BCUT2D eigenvalue weighted by Crippen LogP contribution is 2.15. The van der Waals surface area contributed by atoms with Crippen LogP contribution in [0.15, 0.2) is 40.9 Å². The molecule has 1 aromatic rings. The average molecular weight is 273 g/mol. The van der Waals surface area contributed by atoms with Crippen LogP contribution in [0.25, 0.3) is 6.08 Å². The number of benzene rings is 1. The standard InChI is InChI=1S/C16H19NO3/c1-12(10-13-6-4-3-5-7-13)8-9-15-17-14(11-20-15)16(18)19-2/h3-7,10,14H,8-9,11H2,1-2H3. The van der Waals surface area contributed by atoms with Gasteiger partial charge in [-0.25, -0.2) is 9.79 Å². The van der Waals surface area contributed by atoms with Crippen LogP contribution in [-0.4, -0.2) is 31.6 Å². The van der Waals surface area contributed by atoms with Crippen molar-refractivity contribution in [3.05, 3.63) is 41.5 Å². The molecule has 0 bridgehead atoms. The maximum Gasteiger partial charge on any atom is 0.334 e. The van der Waals surface area contributed by atoms with Gasteiger partial charge in [0.05, 0.1) is 7.11 Å². The molecule has 0 aromatic heterocycles. The average Bonchev–Trinajstić information content (AvgIpc) is 2.94. The highest BCUT2D eigenvalue weighted by molar-refractivity contribution is 5.85. The van der Waals surface area contributed by atoms with Crippen LogP contribution >= 0.6 is 0 Å². The van der Waals surface area contributed by atoms with E-state index in [-0.39, 0.29) is 5.97 Å². The molecule has 0 spiro atoms. The third kappa shape index (κ3) is 3.95. The predicted octanol–water partition coefficient (Wildman–Crippen LogP) is 2.84. The third-order valence-electron chi connectivity index (χ3n) is 3.13.